The first-order chi connectivity index (χ1) is 19.1. The monoisotopic (exact) mass is 549 g/mol. The first kappa shape index (κ1) is 26.8. The largest absolute Gasteiger partial charge is 0.382 e. The van der Waals surface area contributed by atoms with Crippen molar-refractivity contribution in [3.8, 4) is 0 Å². The number of rotatable bonds is 9. The van der Waals surface area contributed by atoms with E-state index in [0.717, 1.165) is 13.0 Å². The Morgan fingerprint density at radius 2 is 1.73 bits per heavy atom. The Balaban J connectivity index is 1.12. The molecule has 3 aliphatic rings. The molecule has 0 aliphatic carbocycles. The molecule has 2 N–H and O–H groups in total. The van der Waals surface area contributed by atoms with E-state index in [2.05, 4.69) is 33.7 Å². The number of hydrogen-bond acceptors (Lipinski definition) is 10. The lowest BCUT2D eigenvalue weighted by Crippen LogP contribution is -2.43. The van der Waals surface area contributed by atoms with Gasteiger partial charge in [0.2, 0.25) is 0 Å². The second-order valence-electron chi connectivity index (χ2n) is 11.3. The molecule has 2 fully saturated rings. The Morgan fingerprint density at radius 1 is 1.02 bits per heavy atom. The average molecular weight is 550 g/mol. The van der Waals surface area contributed by atoms with E-state index in [0.29, 0.717) is 47.6 Å². The fraction of sp³-hybridized carbons (Fsp3) is 0.536. The quantitative estimate of drug-likeness (QED) is 0.313. The van der Waals surface area contributed by atoms with Crippen molar-refractivity contribution >= 4 is 28.8 Å². The first-order valence-corrected chi connectivity index (χ1v) is 13.8. The molecular formula is C28H35N7O5. The van der Waals surface area contributed by atoms with Gasteiger partial charge in [-0.1, -0.05) is 12.1 Å². The second kappa shape index (κ2) is 10.2. The van der Waals surface area contributed by atoms with Gasteiger partial charge in [-0.05, 0) is 59.2 Å². The Labute approximate surface area is 232 Å². The molecule has 3 aromatic rings. The SMILES string of the molecule is CC(C)N(CCCCN1C(=O)c2ccccc2C1=O)CC1OC(n2cnc3c(N)ncnc32)[C@@H]2OC(C)(C)O[C@@H]12. The second-order valence-corrected chi connectivity index (χ2v) is 11.3. The Bertz CT molecular complexity index is 1400. The zero-order valence-electron chi connectivity index (χ0n) is 23.2. The van der Waals surface area contributed by atoms with E-state index in [1.807, 2.05) is 18.4 Å². The number of imidazole rings is 1. The number of carbonyl (C=O) groups excluding carboxylic acids is 2. The van der Waals surface area contributed by atoms with Crippen molar-refractivity contribution in [1.82, 2.24) is 29.3 Å². The van der Waals surface area contributed by atoms with Gasteiger partial charge >= 0.3 is 0 Å². The number of carbonyl (C=O) groups is 2. The molecule has 0 bridgehead atoms. The molecule has 12 nitrogen and oxygen atoms in total. The van der Waals surface area contributed by atoms with Crippen molar-refractivity contribution in [3.63, 3.8) is 0 Å². The van der Waals surface area contributed by atoms with Crippen molar-refractivity contribution in [2.75, 3.05) is 25.4 Å². The predicted octanol–water partition coefficient (Wildman–Crippen LogP) is 2.61. The highest BCUT2D eigenvalue weighted by Gasteiger charge is 2.56. The van der Waals surface area contributed by atoms with Crippen LogP contribution in [0.5, 0.6) is 0 Å². The van der Waals surface area contributed by atoms with Gasteiger partial charge in [0.05, 0.1) is 17.5 Å². The molecule has 2 aromatic heterocycles. The van der Waals surface area contributed by atoms with Crippen molar-refractivity contribution in [3.05, 3.63) is 48.0 Å². The fourth-order valence-electron chi connectivity index (χ4n) is 5.90. The molecule has 6 rings (SSSR count). The minimum Gasteiger partial charge on any atom is -0.382 e. The van der Waals surface area contributed by atoms with Gasteiger partial charge in [0, 0.05) is 19.1 Å². The number of aromatic nitrogens is 4. The Kier molecular flexibility index (Phi) is 6.81. The summed E-state index contributed by atoms with van der Waals surface area (Å²) in [5.74, 6) is -0.865. The Morgan fingerprint density at radius 3 is 2.42 bits per heavy atom. The van der Waals surface area contributed by atoms with Crippen LogP contribution in [0.25, 0.3) is 11.2 Å². The summed E-state index contributed by atoms with van der Waals surface area (Å²) in [6.07, 6.45) is 3.23. The van der Waals surface area contributed by atoms with Crippen LogP contribution in [0.15, 0.2) is 36.9 Å². The van der Waals surface area contributed by atoms with Gasteiger partial charge in [-0.3, -0.25) is 24.0 Å². The molecule has 0 radical (unpaired) electrons. The molecule has 0 saturated carbocycles. The van der Waals surface area contributed by atoms with E-state index in [4.69, 9.17) is 19.9 Å². The van der Waals surface area contributed by atoms with Gasteiger partial charge in [-0.15, -0.1) is 0 Å². The van der Waals surface area contributed by atoms with Crippen LogP contribution in [-0.4, -0.2) is 90.9 Å². The van der Waals surface area contributed by atoms with Crippen LogP contribution in [0, 0.1) is 0 Å². The molecule has 212 valence electrons. The third kappa shape index (κ3) is 4.64. The number of unbranched alkanes of at least 4 members (excludes halogenated alkanes) is 1. The van der Waals surface area contributed by atoms with Crippen LogP contribution in [-0.2, 0) is 14.2 Å². The van der Waals surface area contributed by atoms with Gasteiger partial charge in [0.15, 0.2) is 23.5 Å². The zero-order chi connectivity index (χ0) is 28.2. The number of ether oxygens (including phenoxy) is 3. The maximum absolute atomic E-state index is 12.7. The van der Waals surface area contributed by atoms with E-state index in [9.17, 15) is 9.59 Å². The van der Waals surface area contributed by atoms with Gasteiger partial charge in [0.1, 0.15) is 30.2 Å². The molecule has 0 spiro atoms. The number of amides is 2. The van der Waals surface area contributed by atoms with Gasteiger partial charge in [-0.25, -0.2) is 15.0 Å². The third-order valence-electron chi connectivity index (χ3n) is 7.89. The summed E-state index contributed by atoms with van der Waals surface area (Å²) in [7, 11) is 0. The molecule has 4 atom stereocenters. The number of imide groups is 1. The van der Waals surface area contributed by atoms with Crippen LogP contribution < -0.4 is 5.73 Å². The first-order valence-electron chi connectivity index (χ1n) is 13.8. The highest BCUT2D eigenvalue weighted by Crippen LogP contribution is 2.44. The summed E-state index contributed by atoms with van der Waals surface area (Å²) >= 11 is 0. The molecule has 2 unspecified atom stereocenters. The maximum atomic E-state index is 12.7. The lowest BCUT2D eigenvalue weighted by Gasteiger charge is -2.31. The zero-order valence-corrected chi connectivity index (χ0v) is 23.2. The van der Waals surface area contributed by atoms with Crippen LogP contribution in [0.1, 0.15) is 67.5 Å². The molecule has 3 aliphatic heterocycles. The van der Waals surface area contributed by atoms with E-state index < -0.39 is 12.0 Å². The van der Waals surface area contributed by atoms with Crippen molar-refractivity contribution in [2.45, 2.75) is 76.9 Å². The van der Waals surface area contributed by atoms with Gasteiger partial charge in [0.25, 0.3) is 11.8 Å². The highest BCUT2D eigenvalue weighted by molar-refractivity contribution is 6.21. The van der Waals surface area contributed by atoms with Crippen molar-refractivity contribution < 1.29 is 23.8 Å². The number of hydrogen-bond donors (Lipinski definition) is 1. The number of benzene rings is 1. The average Bonchev–Trinajstić information content (AvgIpc) is 3.63. The molecule has 2 saturated heterocycles. The molecule has 1 aromatic carbocycles. The summed E-state index contributed by atoms with van der Waals surface area (Å²) in [6, 6.07) is 7.24. The smallest absolute Gasteiger partial charge is 0.261 e. The number of fused-ring (bicyclic) bond motifs is 3. The van der Waals surface area contributed by atoms with E-state index in [1.54, 1.807) is 30.6 Å². The molecule has 12 heteroatoms. The topological polar surface area (TPSA) is 138 Å². The summed E-state index contributed by atoms with van der Waals surface area (Å²) in [4.78, 5) is 41.9. The van der Waals surface area contributed by atoms with Crippen LogP contribution >= 0.6 is 0 Å². The van der Waals surface area contributed by atoms with Crippen molar-refractivity contribution in [1.29, 1.82) is 0 Å². The normalized spacial score (nSPS) is 25.5. The van der Waals surface area contributed by atoms with E-state index in [-0.39, 0.29) is 36.2 Å². The number of nitrogens with zero attached hydrogens (tertiary/aromatic N) is 6. The summed E-state index contributed by atoms with van der Waals surface area (Å²) in [5.41, 5.74) is 8.08. The molecule has 40 heavy (non-hydrogen) atoms. The van der Waals surface area contributed by atoms with Gasteiger partial charge in [-0.2, -0.15) is 0 Å². The number of anilines is 1. The third-order valence-corrected chi connectivity index (χ3v) is 7.89. The predicted molar refractivity (Wildman–Crippen MR) is 145 cm³/mol. The molecule has 5 heterocycles. The van der Waals surface area contributed by atoms with Crippen LogP contribution in [0.4, 0.5) is 5.82 Å². The number of nitrogens with two attached hydrogens (primary N) is 1. The van der Waals surface area contributed by atoms with Gasteiger partial charge < -0.3 is 19.9 Å². The van der Waals surface area contributed by atoms with Crippen LogP contribution in [0.3, 0.4) is 0 Å². The minimum atomic E-state index is -0.755. The summed E-state index contributed by atoms with van der Waals surface area (Å²) in [5, 5.41) is 0. The van der Waals surface area contributed by atoms with Crippen molar-refractivity contribution in [2.24, 2.45) is 0 Å². The standard InChI is InChI=1S/C28H35N7O5/c1-16(2)33(11-7-8-12-34-25(36)17-9-5-6-10-18(17)26(34)37)13-19-21-22(40-28(3,4)39-21)27(38-19)35-15-32-20-23(29)30-14-31-24(20)35/h5-6,9-10,14-16,19,21-22,27H,7-8,11-13H2,1-4H3,(H2,29,30,31)/t19?,21-,22+,27?/m0/s1. The summed E-state index contributed by atoms with van der Waals surface area (Å²) in [6.45, 7) is 9.92. The maximum Gasteiger partial charge on any atom is 0.261 e. The number of nitrogen functional groups attached to an aromatic ring is 1. The highest BCUT2D eigenvalue weighted by atomic mass is 16.8. The molecular weight excluding hydrogens is 514 g/mol. The lowest BCUT2D eigenvalue weighted by molar-refractivity contribution is -0.198. The fourth-order valence-corrected chi connectivity index (χ4v) is 5.90. The van der Waals surface area contributed by atoms with E-state index >= 15 is 0 Å². The summed E-state index contributed by atoms with van der Waals surface area (Å²) < 4.78 is 21.1. The lowest BCUT2D eigenvalue weighted by atomic mass is 10.1. The van der Waals surface area contributed by atoms with Crippen LogP contribution in [0.2, 0.25) is 0 Å². The van der Waals surface area contributed by atoms with E-state index in [1.165, 1.54) is 11.2 Å². The minimum absolute atomic E-state index is 0.210. The Hall–Kier alpha value is -3.45. The molecule has 2 amide bonds.